The van der Waals surface area contributed by atoms with Crippen molar-refractivity contribution >= 4 is 21.7 Å². The molecule has 2 fully saturated rings. The van der Waals surface area contributed by atoms with Crippen LogP contribution in [0.4, 0.5) is 5.95 Å². The molecule has 29 heavy (non-hydrogen) atoms. The summed E-state index contributed by atoms with van der Waals surface area (Å²) in [6.07, 6.45) is 6.10. The zero-order chi connectivity index (χ0) is 20.4. The van der Waals surface area contributed by atoms with Gasteiger partial charge in [-0.25, -0.2) is 28.1 Å². The van der Waals surface area contributed by atoms with Crippen molar-refractivity contribution in [1.29, 1.82) is 0 Å². The van der Waals surface area contributed by atoms with Gasteiger partial charge in [-0.15, -0.1) is 0 Å². The number of rotatable bonds is 4. The average molecular weight is 414 g/mol. The number of nitrogens with one attached hydrogen (secondary N) is 1. The molecule has 2 heterocycles. The summed E-state index contributed by atoms with van der Waals surface area (Å²) in [6, 6.07) is 4.98. The molecule has 2 aliphatic carbocycles. The zero-order valence-corrected chi connectivity index (χ0v) is 16.8. The number of nitrogens with two attached hydrogens (primary N) is 1. The number of anilines is 1. The third kappa shape index (κ3) is 2.98. The van der Waals surface area contributed by atoms with Crippen molar-refractivity contribution in [3.63, 3.8) is 0 Å². The van der Waals surface area contributed by atoms with Gasteiger partial charge in [0.2, 0.25) is 21.7 Å². The molecule has 0 aliphatic heterocycles. The van der Waals surface area contributed by atoms with Gasteiger partial charge in [0.1, 0.15) is 6.33 Å². The first-order valence-corrected chi connectivity index (χ1v) is 11.0. The topological polar surface area (TPSA) is 136 Å². The summed E-state index contributed by atoms with van der Waals surface area (Å²) in [5, 5.41) is 10.4. The Morgan fingerprint density at radius 2 is 1.97 bits per heavy atom. The maximum absolute atomic E-state index is 13.1. The van der Waals surface area contributed by atoms with Crippen molar-refractivity contribution in [2.24, 2.45) is 0 Å². The molecule has 0 atom stereocenters. The Kier molecular flexibility index (Phi) is 3.80. The van der Waals surface area contributed by atoms with Crippen molar-refractivity contribution in [3.05, 3.63) is 36.3 Å². The van der Waals surface area contributed by atoms with E-state index in [1.54, 1.807) is 28.8 Å². The number of aromatic nitrogens is 4. The summed E-state index contributed by atoms with van der Waals surface area (Å²) >= 11 is 0. The highest BCUT2D eigenvalue weighted by atomic mass is 32.2. The predicted molar refractivity (Wildman–Crippen MR) is 106 cm³/mol. The smallest absolute Gasteiger partial charge is 0.241 e. The van der Waals surface area contributed by atoms with Gasteiger partial charge in [-0.1, -0.05) is 6.07 Å². The molecule has 0 unspecified atom stereocenters. The van der Waals surface area contributed by atoms with Crippen molar-refractivity contribution in [2.45, 2.75) is 55.1 Å². The lowest BCUT2D eigenvalue weighted by molar-refractivity contribution is 0.0521. The first-order valence-electron chi connectivity index (χ1n) is 9.52. The lowest BCUT2D eigenvalue weighted by atomic mass is 9.94. The van der Waals surface area contributed by atoms with Crippen LogP contribution in [0.2, 0.25) is 0 Å². The quantitative estimate of drug-likeness (QED) is 0.587. The summed E-state index contributed by atoms with van der Waals surface area (Å²) in [5.41, 5.74) is 6.73. The van der Waals surface area contributed by atoms with Gasteiger partial charge >= 0.3 is 0 Å². The van der Waals surface area contributed by atoms with Gasteiger partial charge in [0.05, 0.1) is 16.2 Å². The van der Waals surface area contributed by atoms with E-state index >= 15 is 0 Å². The molecule has 3 aromatic rings. The fourth-order valence-corrected chi connectivity index (χ4v) is 6.15. The number of sulfonamides is 1. The van der Waals surface area contributed by atoms with E-state index in [0.717, 1.165) is 5.56 Å². The predicted octanol–water partition coefficient (Wildman–Crippen LogP) is 1.41. The van der Waals surface area contributed by atoms with E-state index < -0.39 is 21.2 Å². The lowest BCUT2D eigenvalue weighted by Gasteiger charge is -2.27. The Balaban J connectivity index is 1.53. The molecule has 2 saturated carbocycles. The third-order valence-corrected chi connectivity index (χ3v) is 7.83. The minimum absolute atomic E-state index is 0.172. The van der Waals surface area contributed by atoms with Gasteiger partial charge in [-0.05, 0) is 56.7 Å². The molecule has 2 aliphatic rings. The highest BCUT2D eigenvalue weighted by molar-refractivity contribution is 7.89. The van der Waals surface area contributed by atoms with E-state index in [4.69, 9.17) is 5.73 Å². The molecule has 5 rings (SSSR count). The maximum atomic E-state index is 13.1. The first-order chi connectivity index (χ1) is 13.7. The van der Waals surface area contributed by atoms with E-state index in [2.05, 4.69) is 19.7 Å². The van der Waals surface area contributed by atoms with Gasteiger partial charge < -0.3 is 10.8 Å². The van der Waals surface area contributed by atoms with Crippen LogP contribution in [-0.4, -0.2) is 44.0 Å². The molecule has 0 radical (unpaired) electrons. The van der Waals surface area contributed by atoms with Crippen LogP contribution in [-0.2, 0) is 10.0 Å². The molecule has 4 N–H and O–H groups in total. The first kappa shape index (κ1) is 18.5. The van der Waals surface area contributed by atoms with Gasteiger partial charge in [-0.2, -0.15) is 0 Å². The van der Waals surface area contributed by atoms with Crippen molar-refractivity contribution in [2.75, 3.05) is 5.73 Å². The van der Waals surface area contributed by atoms with Crippen LogP contribution in [0.25, 0.3) is 17.0 Å². The van der Waals surface area contributed by atoms with E-state index in [1.807, 2.05) is 6.92 Å². The van der Waals surface area contributed by atoms with Crippen LogP contribution >= 0.6 is 0 Å². The Bertz CT molecular complexity index is 1230. The van der Waals surface area contributed by atoms with Crippen LogP contribution in [0, 0.1) is 6.92 Å². The number of nitrogen functional groups attached to an aromatic ring is 1. The molecule has 0 spiro atoms. The molecule has 0 saturated heterocycles. The standard InChI is InChI=1S/C19H22N6O3S/c1-12-2-3-13(29(27,28)24-18-4-6-19(26,10-18)7-5-18)8-14(12)15-9-25-16(20)21-11-22-17(25)23-15/h2-3,8-9,11,24,26H,4-7,10H2,1H3,(H2,20,21,22,23). The fraction of sp³-hybridized carbons (Fsp3) is 0.421. The van der Waals surface area contributed by atoms with Crippen LogP contribution in [0.5, 0.6) is 0 Å². The minimum atomic E-state index is -3.75. The van der Waals surface area contributed by atoms with Crippen LogP contribution in [0.3, 0.4) is 0 Å². The van der Waals surface area contributed by atoms with E-state index in [9.17, 15) is 13.5 Å². The molecular formula is C19H22N6O3S. The van der Waals surface area contributed by atoms with Crippen molar-refractivity contribution in [1.82, 2.24) is 24.1 Å². The Labute approximate surface area is 168 Å². The maximum Gasteiger partial charge on any atom is 0.241 e. The summed E-state index contributed by atoms with van der Waals surface area (Å²) in [6.45, 7) is 1.89. The number of nitrogens with zero attached hydrogens (tertiary/aromatic N) is 4. The molecular weight excluding hydrogens is 392 g/mol. The second-order valence-corrected chi connectivity index (χ2v) is 9.97. The van der Waals surface area contributed by atoms with Gasteiger partial charge in [0.25, 0.3) is 0 Å². The highest BCUT2D eigenvalue weighted by Crippen LogP contribution is 2.51. The SMILES string of the molecule is Cc1ccc(S(=O)(=O)NC23CCC(O)(CC2)C3)cc1-c1cn2c(N)ncnc2n1. The number of aliphatic hydroxyl groups is 1. The summed E-state index contributed by atoms with van der Waals surface area (Å²) in [7, 11) is -3.75. The third-order valence-electron chi connectivity index (χ3n) is 6.25. The largest absolute Gasteiger partial charge is 0.390 e. The second-order valence-electron chi connectivity index (χ2n) is 8.29. The van der Waals surface area contributed by atoms with Crippen LogP contribution in [0.15, 0.2) is 35.6 Å². The number of imidazole rings is 1. The molecule has 10 heteroatoms. The highest BCUT2D eigenvalue weighted by Gasteiger charge is 2.55. The Morgan fingerprint density at radius 3 is 2.62 bits per heavy atom. The van der Waals surface area contributed by atoms with E-state index in [-0.39, 0.29) is 10.8 Å². The molecule has 2 bridgehead atoms. The normalized spacial score (nSPS) is 26.4. The second kappa shape index (κ2) is 5.97. The minimum Gasteiger partial charge on any atom is -0.390 e. The van der Waals surface area contributed by atoms with Gasteiger partial charge in [-0.3, -0.25) is 4.40 Å². The molecule has 0 amide bonds. The number of benzene rings is 1. The van der Waals surface area contributed by atoms with E-state index in [0.29, 0.717) is 49.1 Å². The molecule has 2 aromatic heterocycles. The number of fused-ring (bicyclic) bond motifs is 3. The number of hydrogen-bond donors (Lipinski definition) is 3. The van der Waals surface area contributed by atoms with Gasteiger partial charge in [0, 0.05) is 17.3 Å². The monoisotopic (exact) mass is 414 g/mol. The Hall–Kier alpha value is -2.56. The Morgan fingerprint density at radius 1 is 1.21 bits per heavy atom. The summed E-state index contributed by atoms with van der Waals surface area (Å²) < 4.78 is 30.7. The van der Waals surface area contributed by atoms with Crippen LogP contribution < -0.4 is 10.5 Å². The van der Waals surface area contributed by atoms with Crippen LogP contribution in [0.1, 0.15) is 37.7 Å². The molecule has 152 valence electrons. The zero-order valence-electron chi connectivity index (χ0n) is 16.0. The van der Waals surface area contributed by atoms with E-state index in [1.165, 1.54) is 6.33 Å². The number of hydrogen-bond acceptors (Lipinski definition) is 7. The molecule has 1 aromatic carbocycles. The van der Waals surface area contributed by atoms with Crippen molar-refractivity contribution < 1.29 is 13.5 Å². The van der Waals surface area contributed by atoms with Crippen molar-refractivity contribution in [3.8, 4) is 11.3 Å². The average Bonchev–Trinajstić information content (AvgIpc) is 3.32. The summed E-state index contributed by atoms with van der Waals surface area (Å²) in [5.74, 6) is 0.652. The lowest BCUT2D eigenvalue weighted by Crippen LogP contribution is -2.44. The molecule has 9 nitrogen and oxygen atoms in total. The fourth-order valence-electron chi connectivity index (χ4n) is 4.67. The summed E-state index contributed by atoms with van der Waals surface area (Å²) in [4.78, 5) is 12.7. The number of aryl methyl sites for hydroxylation is 1. The van der Waals surface area contributed by atoms with Gasteiger partial charge in [0.15, 0.2) is 0 Å².